The Kier molecular flexibility index (Phi) is 3.42. The van der Waals surface area contributed by atoms with E-state index >= 15 is 0 Å². The molecule has 0 spiro atoms. The van der Waals surface area contributed by atoms with E-state index in [0.29, 0.717) is 13.1 Å². The number of anilines is 1. The van der Waals surface area contributed by atoms with Gasteiger partial charge in [-0.3, -0.25) is 4.79 Å². The van der Waals surface area contributed by atoms with Crippen LogP contribution < -0.4 is 4.90 Å². The zero-order valence-electron chi connectivity index (χ0n) is 9.87. The van der Waals surface area contributed by atoms with Crippen molar-refractivity contribution in [3.8, 4) is 0 Å². The number of benzene rings is 1. The molecular formula is C13H16N2O2. The number of nitrogens with zero attached hydrogens (tertiary/aromatic N) is 2. The Balaban J connectivity index is 2.11. The summed E-state index contributed by atoms with van der Waals surface area (Å²) in [5.41, 5.74) is 1.10. The molecule has 4 nitrogen and oxygen atoms in total. The van der Waals surface area contributed by atoms with Crippen molar-refractivity contribution in [1.29, 1.82) is 0 Å². The highest BCUT2D eigenvalue weighted by Crippen LogP contribution is 2.18. The number of carbonyl (C=O) groups excluding carboxylic acids is 2. The Labute approximate surface area is 101 Å². The van der Waals surface area contributed by atoms with Crippen LogP contribution in [0.1, 0.15) is 6.92 Å². The minimum absolute atomic E-state index is 0.0326. The normalized spacial score (nSPS) is 20.2. The molecule has 1 aliphatic heterocycles. The van der Waals surface area contributed by atoms with E-state index in [-0.39, 0.29) is 11.9 Å². The first kappa shape index (κ1) is 11.6. The first-order chi connectivity index (χ1) is 8.22. The van der Waals surface area contributed by atoms with Crippen LogP contribution in [0.3, 0.4) is 0 Å². The van der Waals surface area contributed by atoms with E-state index in [9.17, 15) is 9.59 Å². The number of piperazine rings is 1. The van der Waals surface area contributed by atoms with Crippen molar-refractivity contribution < 1.29 is 9.59 Å². The van der Waals surface area contributed by atoms with E-state index in [1.54, 1.807) is 4.90 Å². The van der Waals surface area contributed by atoms with Crippen LogP contribution in [0.15, 0.2) is 30.3 Å². The maximum Gasteiger partial charge on any atom is 0.220 e. The molecule has 1 aromatic carbocycles. The largest absolute Gasteiger partial charge is 0.367 e. The van der Waals surface area contributed by atoms with Gasteiger partial charge in [0.25, 0.3) is 0 Å². The van der Waals surface area contributed by atoms with E-state index in [0.717, 1.165) is 18.5 Å². The molecule has 1 heterocycles. The second-order valence-electron chi connectivity index (χ2n) is 4.20. The van der Waals surface area contributed by atoms with Gasteiger partial charge in [0.2, 0.25) is 5.91 Å². The SMILES string of the molecule is CC(=O)N1CCN(c2ccccc2)CC1C=O. The molecule has 1 amide bonds. The van der Waals surface area contributed by atoms with Crippen molar-refractivity contribution in [3.05, 3.63) is 30.3 Å². The van der Waals surface area contributed by atoms with E-state index in [1.807, 2.05) is 30.3 Å². The molecule has 4 heteroatoms. The summed E-state index contributed by atoms with van der Waals surface area (Å²) in [6, 6.07) is 9.62. The minimum atomic E-state index is -0.332. The maximum absolute atomic E-state index is 11.4. The second-order valence-corrected chi connectivity index (χ2v) is 4.20. The zero-order chi connectivity index (χ0) is 12.3. The lowest BCUT2D eigenvalue weighted by atomic mass is 10.1. The average Bonchev–Trinajstić information content (AvgIpc) is 2.39. The van der Waals surface area contributed by atoms with E-state index in [4.69, 9.17) is 0 Å². The molecule has 90 valence electrons. The molecule has 0 saturated carbocycles. The number of hydrogen-bond acceptors (Lipinski definition) is 3. The lowest BCUT2D eigenvalue weighted by Crippen LogP contribution is -2.55. The zero-order valence-corrected chi connectivity index (χ0v) is 9.87. The molecule has 0 N–H and O–H groups in total. The Morgan fingerprint density at radius 2 is 2.00 bits per heavy atom. The van der Waals surface area contributed by atoms with E-state index in [2.05, 4.69) is 4.90 Å². The molecule has 1 unspecified atom stereocenters. The van der Waals surface area contributed by atoms with Gasteiger partial charge in [0.15, 0.2) is 0 Å². The molecular weight excluding hydrogens is 216 g/mol. The number of para-hydroxylation sites is 1. The summed E-state index contributed by atoms with van der Waals surface area (Å²) in [5.74, 6) is -0.0326. The first-order valence-electron chi connectivity index (χ1n) is 5.75. The smallest absolute Gasteiger partial charge is 0.220 e. The molecule has 1 atom stereocenters. The summed E-state index contributed by atoms with van der Waals surface area (Å²) in [5, 5.41) is 0. The van der Waals surface area contributed by atoms with Crippen molar-refractivity contribution in [1.82, 2.24) is 4.90 Å². The van der Waals surface area contributed by atoms with Gasteiger partial charge >= 0.3 is 0 Å². The number of hydrogen-bond donors (Lipinski definition) is 0. The van der Waals surface area contributed by atoms with Crippen molar-refractivity contribution >= 4 is 17.9 Å². The number of carbonyl (C=O) groups is 2. The summed E-state index contributed by atoms with van der Waals surface area (Å²) in [4.78, 5) is 26.2. The highest BCUT2D eigenvalue weighted by atomic mass is 16.2. The third kappa shape index (κ3) is 2.46. The summed E-state index contributed by atoms with van der Waals surface area (Å²) < 4.78 is 0. The van der Waals surface area contributed by atoms with Gasteiger partial charge < -0.3 is 14.6 Å². The molecule has 17 heavy (non-hydrogen) atoms. The lowest BCUT2D eigenvalue weighted by molar-refractivity contribution is -0.134. The summed E-state index contributed by atoms with van der Waals surface area (Å²) in [6.45, 7) is 3.46. The van der Waals surface area contributed by atoms with Gasteiger partial charge in [0, 0.05) is 32.2 Å². The van der Waals surface area contributed by atoms with Gasteiger partial charge in [-0.15, -0.1) is 0 Å². The minimum Gasteiger partial charge on any atom is -0.367 e. The van der Waals surface area contributed by atoms with Crippen molar-refractivity contribution in [2.45, 2.75) is 13.0 Å². The number of rotatable bonds is 2. The van der Waals surface area contributed by atoms with Crippen LogP contribution in [-0.4, -0.2) is 42.8 Å². The summed E-state index contributed by atoms with van der Waals surface area (Å²) in [6.07, 6.45) is 0.858. The number of aldehydes is 1. The summed E-state index contributed by atoms with van der Waals surface area (Å²) in [7, 11) is 0. The predicted octanol–water partition coefficient (Wildman–Crippen LogP) is 0.923. The van der Waals surface area contributed by atoms with Gasteiger partial charge in [0.05, 0.1) is 0 Å². The quantitative estimate of drug-likeness (QED) is 0.712. The molecule has 1 fully saturated rings. The molecule has 0 bridgehead atoms. The van der Waals surface area contributed by atoms with Crippen LogP contribution in [0, 0.1) is 0 Å². The molecule has 1 aromatic rings. The predicted molar refractivity (Wildman–Crippen MR) is 65.9 cm³/mol. The summed E-state index contributed by atoms with van der Waals surface area (Å²) >= 11 is 0. The van der Waals surface area contributed by atoms with Crippen LogP contribution in [0.2, 0.25) is 0 Å². The van der Waals surface area contributed by atoms with Crippen LogP contribution in [-0.2, 0) is 9.59 Å². The fourth-order valence-electron chi connectivity index (χ4n) is 2.19. The fourth-order valence-corrected chi connectivity index (χ4v) is 2.19. The standard InChI is InChI=1S/C13H16N2O2/c1-11(17)15-8-7-14(9-13(15)10-16)12-5-3-2-4-6-12/h2-6,10,13H,7-9H2,1H3. The van der Waals surface area contributed by atoms with Crippen molar-refractivity contribution in [2.24, 2.45) is 0 Å². The van der Waals surface area contributed by atoms with Gasteiger partial charge in [0.1, 0.15) is 12.3 Å². The molecule has 0 radical (unpaired) electrons. The van der Waals surface area contributed by atoms with Gasteiger partial charge in [-0.1, -0.05) is 18.2 Å². The molecule has 0 aliphatic carbocycles. The highest BCUT2D eigenvalue weighted by molar-refractivity contribution is 5.78. The van der Waals surface area contributed by atoms with Crippen LogP contribution in [0.25, 0.3) is 0 Å². The Bertz CT molecular complexity index is 405. The second kappa shape index (κ2) is 4.99. The Morgan fingerprint density at radius 3 is 2.59 bits per heavy atom. The highest BCUT2D eigenvalue weighted by Gasteiger charge is 2.28. The number of amides is 1. The van der Waals surface area contributed by atoms with Crippen molar-refractivity contribution in [3.63, 3.8) is 0 Å². The first-order valence-corrected chi connectivity index (χ1v) is 5.75. The molecule has 1 aliphatic rings. The molecule has 0 aromatic heterocycles. The molecule has 1 saturated heterocycles. The van der Waals surface area contributed by atoms with E-state index < -0.39 is 0 Å². The fraction of sp³-hybridized carbons (Fsp3) is 0.385. The van der Waals surface area contributed by atoms with Crippen LogP contribution in [0.5, 0.6) is 0 Å². The third-order valence-corrected chi connectivity index (χ3v) is 3.10. The topological polar surface area (TPSA) is 40.6 Å². The van der Waals surface area contributed by atoms with Gasteiger partial charge in [-0.2, -0.15) is 0 Å². The van der Waals surface area contributed by atoms with E-state index in [1.165, 1.54) is 6.92 Å². The maximum atomic E-state index is 11.4. The van der Waals surface area contributed by atoms with Gasteiger partial charge in [-0.05, 0) is 12.1 Å². The molecule has 2 rings (SSSR count). The monoisotopic (exact) mass is 232 g/mol. The van der Waals surface area contributed by atoms with Gasteiger partial charge in [-0.25, -0.2) is 0 Å². The third-order valence-electron chi connectivity index (χ3n) is 3.10. The van der Waals surface area contributed by atoms with Crippen LogP contribution in [0.4, 0.5) is 5.69 Å². The lowest BCUT2D eigenvalue weighted by Gasteiger charge is -2.39. The Morgan fingerprint density at radius 1 is 1.29 bits per heavy atom. The Hall–Kier alpha value is -1.84. The average molecular weight is 232 g/mol. The van der Waals surface area contributed by atoms with Crippen molar-refractivity contribution in [2.75, 3.05) is 24.5 Å². The van der Waals surface area contributed by atoms with Crippen LogP contribution >= 0.6 is 0 Å².